The highest BCUT2D eigenvalue weighted by Crippen LogP contribution is 2.27. The van der Waals surface area contributed by atoms with E-state index in [1.807, 2.05) is 0 Å². The molecule has 0 saturated carbocycles. The third-order valence-corrected chi connectivity index (χ3v) is 5.58. The van der Waals surface area contributed by atoms with Crippen LogP contribution in [0.5, 0.6) is 0 Å². The van der Waals surface area contributed by atoms with Gasteiger partial charge < -0.3 is 15.8 Å². The molecule has 110 valence electrons. The van der Waals surface area contributed by atoms with E-state index in [1.54, 1.807) is 22.7 Å². The van der Waals surface area contributed by atoms with Gasteiger partial charge in [0.05, 0.1) is 11.8 Å². The van der Waals surface area contributed by atoms with Crippen molar-refractivity contribution in [2.75, 3.05) is 29.2 Å². The van der Waals surface area contributed by atoms with Gasteiger partial charge in [0, 0.05) is 24.3 Å². The van der Waals surface area contributed by atoms with E-state index in [0.717, 1.165) is 5.75 Å². The molecule has 0 aromatic carbocycles. The Kier molecular flexibility index (Phi) is 4.33. The number of nitrogens with two attached hydrogens (primary N) is 1. The van der Waals surface area contributed by atoms with Crippen LogP contribution in [0.3, 0.4) is 0 Å². The van der Waals surface area contributed by atoms with Crippen molar-refractivity contribution in [3.63, 3.8) is 0 Å². The maximum absolute atomic E-state index is 11.9. The Hall–Kier alpha value is -1.55. The van der Waals surface area contributed by atoms with Gasteiger partial charge >= 0.3 is 0 Å². The molecular formula is C10H15N5O3S2. The topological polar surface area (TPSA) is 122 Å². The van der Waals surface area contributed by atoms with Gasteiger partial charge in [-0.15, -0.1) is 5.10 Å². The number of hydrogen-bond acceptors (Lipinski definition) is 8. The number of sulfone groups is 1. The van der Waals surface area contributed by atoms with E-state index in [4.69, 9.17) is 10.9 Å². The highest BCUT2D eigenvalue weighted by molar-refractivity contribution is 8.01. The van der Waals surface area contributed by atoms with Crippen molar-refractivity contribution in [2.45, 2.75) is 5.37 Å². The molecule has 8 nitrogen and oxygen atoms in total. The molecule has 0 aliphatic carbocycles. The zero-order valence-corrected chi connectivity index (χ0v) is 12.4. The Morgan fingerprint density at radius 3 is 3.05 bits per heavy atom. The monoisotopic (exact) mass is 317 g/mol. The van der Waals surface area contributed by atoms with Gasteiger partial charge in [0.1, 0.15) is 5.37 Å². The van der Waals surface area contributed by atoms with Gasteiger partial charge in [-0.05, 0) is 6.07 Å². The lowest BCUT2D eigenvalue weighted by Crippen LogP contribution is -2.48. The molecule has 1 saturated heterocycles. The average Bonchev–Trinajstić information content (AvgIpc) is 2.45. The van der Waals surface area contributed by atoms with Crippen LogP contribution in [0, 0.1) is 0 Å². The van der Waals surface area contributed by atoms with Crippen LogP contribution < -0.4 is 10.6 Å². The fraction of sp³-hybridized carbons (Fsp3) is 0.500. The van der Waals surface area contributed by atoms with E-state index >= 15 is 0 Å². The van der Waals surface area contributed by atoms with Gasteiger partial charge in [-0.2, -0.15) is 16.9 Å². The highest BCUT2D eigenvalue weighted by Gasteiger charge is 2.33. The lowest BCUT2D eigenvalue weighted by atomic mass is 10.2. The molecule has 0 amide bonds. The van der Waals surface area contributed by atoms with Crippen molar-refractivity contribution in [3.8, 4) is 0 Å². The van der Waals surface area contributed by atoms with Crippen LogP contribution in [0.15, 0.2) is 17.4 Å². The number of nitrogens with zero attached hydrogens (tertiary/aromatic N) is 4. The van der Waals surface area contributed by atoms with Crippen molar-refractivity contribution in [1.29, 1.82) is 0 Å². The summed E-state index contributed by atoms with van der Waals surface area (Å²) in [4.78, 5) is 1.65. The third-order valence-electron chi connectivity index (χ3n) is 2.94. The molecular weight excluding hydrogens is 302 g/mol. The third kappa shape index (κ3) is 2.96. The number of anilines is 1. The van der Waals surface area contributed by atoms with E-state index in [0.29, 0.717) is 23.7 Å². The van der Waals surface area contributed by atoms with Crippen molar-refractivity contribution in [2.24, 2.45) is 10.9 Å². The van der Waals surface area contributed by atoms with Crippen LogP contribution in [0.4, 0.5) is 5.82 Å². The van der Waals surface area contributed by atoms with Gasteiger partial charge in [0.2, 0.25) is 0 Å². The van der Waals surface area contributed by atoms with Crippen LogP contribution in [-0.2, 0) is 9.84 Å². The molecule has 20 heavy (non-hydrogen) atoms. The minimum absolute atomic E-state index is 0.125. The zero-order valence-electron chi connectivity index (χ0n) is 10.8. The molecule has 2 rings (SSSR count). The summed E-state index contributed by atoms with van der Waals surface area (Å²) < 4.78 is 23.8. The summed E-state index contributed by atoms with van der Waals surface area (Å²) >= 11 is 1.57. The smallest absolute Gasteiger partial charge is 0.173 e. The molecule has 2 heterocycles. The molecule has 1 aromatic heterocycles. The Labute approximate surface area is 121 Å². The quantitative estimate of drug-likeness (QED) is 0.331. The molecule has 1 aromatic rings. The predicted octanol–water partition coefficient (Wildman–Crippen LogP) is -0.505. The summed E-state index contributed by atoms with van der Waals surface area (Å²) in [5, 5.41) is 18.8. The van der Waals surface area contributed by atoms with Gasteiger partial charge in [-0.1, -0.05) is 5.16 Å². The van der Waals surface area contributed by atoms with Crippen LogP contribution in [-0.4, -0.2) is 59.3 Å². The summed E-state index contributed by atoms with van der Waals surface area (Å²) in [5.74, 6) is 1.42. The largest absolute Gasteiger partial charge is 0.409 e. The standard InChI is InChI=1S/C10H15N5O3S2/c1-20(17,18)8-6-19-5-4-15(8)10-7(9(11)14-16)2-3-12-13-10/h2-3,8,16H,4-6H2,1H3,(H2,11,14). The van der Waals surface area contributed by atoms with Crippen molar-refractivity contribution < 1.29 is 13.6 Å². The first-order valence-corrected chi connectivity index (χ1v) is 8.89. The highest BCUT2D eigenvalue weighted by atomic mass is 32.2. The number of thioether (sulfide) groups is 1. The second-order valence-electron chi connectivity index (χ2n) is 4.31. The van der Waals surface area contributed by atoms with E-state index in [-0.39, 0.29) is 5.84 Å². The molecule has 3 N–H and O–H groups in total. The summed E-state index contributed by atoms with van der Waals surface area (Å²) in [5.41, 5.74) is 5.97. The molecule has 1 aliphatic rings. The number of rotatable bonds is 3. The fourth-order valence-electron chi connectivity index (χ4n) is 1.97. The van der Waals surface area contributed by atoms with Gasteiger partial charge in [-0.3, -0.25) is 0 Å². The van der Waals surface area contributed by atoms with Crippen molar-refractivity contribution in [1.82, 2.24) is 10.2 Å². The number of aromatic nitrogens is 2. The first-order chi connectivity index (χ1) is 9.45. The molecule has 10 heteroatoms. The second-order valence-corrected chi connectivity index (χ2v) is 7.66. The SMILES string of the molecule is CS(=O)(=O)C1CSCCN1c1nnccc1/C(N)=N/O. The zero-order chi connectivity index (χ0) is 14.8. The first-order valence-electron chi connectivity index (χ1n) is 5.78. The molecule has 0 radical (unpaired) electrons. The van der Waals surface area contributed by atoms with Crippen molar-refractivity contribution >= 4 is 33.3 Å². The molecule has 0 bridgehead atoms. The maximum atomic E-state index is 11.9. The van der Waals surface area contributed by atoms with Crippen LogP contribution in [0.2, 0.25) is 0 Å². The fourth-order valence-corrected chi connectivity index (χ4v) is 4.79. The second kappa shape index (κ2) is 5.83. The Bertz CT molecular complexity index is 619. The Balaban J connectivity index is 2.49. The van der Waals surface area contributed by atoms with E-state index in [1.165, 1.54) is 12.5 Å². The number of oxime groups is 1. The minimum atomic E-state index is -3.28. The predicted molar refractivity (Wildman–Crippen MR) is 77.8 cm³/mol. The summed E-state index contributed by atoms with van der Waals surface area (Å²) in [6, 6.07) is 1.54. The Morgan fingerprint density at radius 1 is 1.65 bits per heavy atom. The lowest BCUT2D eigenvalue weighted by molar-refractivity contribution is 0.318. The van der Waals surface area contributed by atoms with Crippen LogP contribution >= 0.6 is 11.8 Å². The normalized spacial score (nSPS) is 20.9. The van der Waals surface area contributed by atoms with E-state index in [2.05, 4.69) is 15.4 Å². The number of amidine groups is 1. The van der Waals surface area contributed by atoms with Gasteiger partial charge in [0.25, 0.3) is 0 Å². The first kappa shape index (κ1) is 14.9. The minimum Gasteiger partial charge on any atom is -0.409 e. The molecule has 1 fully saturated rings. The summed E-state index contributed by atoms with van der Waals surface area (Å²) in [6.07, 6.45) is 2.60. The average molecular weight is 317 g/mol. The van der Waals surface area contributed by atoms with E-state index in [9.17, 15) is 8.42 Å². The van der Waals surface area contributed by atoms with Gasteiger partial charge in [0.15, 0.2) is 21.5 Å². The maximum Gasteiger partial charge on any atom is 0.173 e. The van der Waals surface area contributed by atoms with Crippen LogP contribution in [0.1, 0.15) is 5.56 Å². The summed E-state index contributed by atoms with van der Waals surface area (Å²) in [7, 11) is -3.28. The molecule has 0 spiro atoms. The molecule has 1 atom stereocenters. The Morgan fingerprint density at radius 2 is 2.40 bits per heavy atom. The molecule has 1 unspecified atom stereocenters. The summed E-state index contributed by atoms with van der Waals surface area (Å²) in [6.45, 7) is 0.507. The van der Waals surface area contributed by atoms with Gasteiger partial charge in [-0.25, -0.2) is 8.42 Å². The van der Waals surface area contributed by atoms with Crippen LogP contribution in [0.25, 0.3) is 0 Å². The van der Waals surface area contributed by atoms with E-state index < -0.39 is 15.2 Å². The lowest BCUT2D eigenvalue weighted by Gasteiger charge is -2.35. The number of hydrogen-bond donors (Lipinski definition) is 2. The van der Waals surface area contributed by atoms with Crippen molar-refractivity contribution in [3.05, 3.63) is 17.8 Å². The molecule has 1 aliphatic heterocycles.